The van der Waals surface area contributed by atoms with Crippen molar-refractivity contribution in [2.75, 3.05) is 6.54 Å². The number of amides is 1. The fourth-order valence-electron chi connectivity index (χ4n) is 1.87. The van der Waals surface area contributed by atoms with Crippen molar-refractivity contribution < 1.29 is 14.3 Å². The first-order valence-corrected chi connectivity index (χ1v) is 7.82. The van der Waals surface area contributed by atoms with Gasteiger partial charge in [0.15, 0.2) is 10.8 Å². The molecule has 6 heteroatoms. The summed E-state index contributed by atoms with van der Waals surface area (Å²) in [6.07, 6.45) is 1.91. The number of furan rings is 1. The lowest BCUT2D eigenvalue weighted by Crippen LogP contribution is -2.35. The van der Waals surface area contributed by atoms with Gasteiger partial charge in [0.1, 0.15) is 5.69 Å². The van der Waals surface area contributed by atoms with Crippen LogP contribution in [0.1, 0.15) is 35.6 Å². The van der Waals surface area contributed by atoms with Crippen LogP contribution in [0, 0.1) is 12.8 Å². The number of hydrogen-bond donors (Lipinski definition) is 2. The number of aryl methyl sites for hydroxylation is 1. The Morgan fingerprint density at radius 1 is 1.57 bits per heavy atom. The highest BCUT2D eigenvalue weighted by atomic mass is 32.1. The number of aliphatic hydroxyl groups excluding tert-OH is 1. The molecular formula is C15H20N2O3S. The Morgan fingerprint density at radius 2 is 2.33 bits per heavy atom. The van der Waals surface area contributed by atoms with Gasteiger partial charge in [-0.2, -0.15) is 0 Å². The van der Waals surface area contributed by atoms with Crippen LogP contribution >= 0.6 is 11.3 Å². The molecule has 0 aromatic carbocycles. The van der Waals surface area contributed by atoms with Crippen LogP contribution in [0.3, 0.4) is 0 Å². The van der Waals surface area contributed by atoms with Gasteiger partial charge in [-0.05, 0) is 25.0 Å². The van der Waals surface area contributed by atoms with Crippen LogP contribution < -0.4 is 5.32 Å². The van der Waals surface area contributed by atoms with Crippen LogP contribution in [0.2, 0.25) is 0 Å². The molecule has 2 rings (SSSR count). The molecule has 2 aromatic rings. The highest BCUT2D eigenvalue weighted by molar-refractivity contribution is 7.15. The zero-order valence-electron chi connectivity index (χ0n) is 12.4. The van der Waals surface area contributed by atoms with Crippen molar-refractivity contribution in [3.8, 4) is 10.8 Å². The molecule has 1 amide bonds. The number of aromatic nitrogens is 1. The van der Waals surface area contributed by atoms with Gasteiger partial charge in [-0.25, -0.2) is 4.98 Å². The van der Waals surface area contributed by atoms with Gasteiger partial charge in [0.05, 0.1) is 12.4 Å². The average molecular weight is 308 g/mol. The maximum absolute atomic E-state index is 12.2. The normalized spacial score (nSPS) is 13.9. The van der Waals surface area contributed by atoms with Crippen LogP contribution in [0.4, 0.5) is 0 Å². The monoisotopic (exact) mass is 308 g/mol. The fourth-order valence-corrected chi connectivity index (χ4v) is 2.75. The summed E-state index contributed by atoms with van der Waals surface area (Å²) in [6.45, 7) is 6.06. The maximum Gasteiger partial charge on any atom is 0.271 e. The molecule has 2 N–H and O–H groups in total. The van der Waals surface area contributed by atoms with Gasteiger partial charge in [0.25, 0.3) is 5.91 Å². The van der Waals surface area contributed by atoms with Crippen molar-refractivity contribution >= 4 is 17.2 Å². The minimum Gasteiger partial charge on any atom is -0.462 e. The summed E-state index contributed by atoms with van der Waals surface area (Å²) in [5.41, 5.74) is 0.391. The molecule has 2 unspecified atom stereocenters. The molecule has 0 saturated carbocycles. The third-order valence-corrected chi connectivity index (χ3v) is 4.50. The lowest BCUT2D eigenvalue weighted by Gasteiger charge is -2.17. The molecule has 5 nitrogen and oxygen atoms in total. The number of nitrogens with zero attached hydrogens (tertiary/aromatic N) is 1. The number of thiazole rings is 1. The number of nitrogens with one attached hydrogen (secondary N) is 1. The van der Waals surface area contributed by atoms with Crippen molar-refractivity contribution in [3.05, 3.63) is 29.0 Å². The number of rotatable bonds is 6. The minimum atomic E-state index is -0.539. The molecule has 0 radical (unpaired) electrons. The van der Waals surface area contributed by atoms with Crippen molar-refractivity contribution in [1.82, 2.24) is 10.3 Å². The van der Waals surface area contributed by atoms with E-state index < -0.39 is 6.10 Å². The Balaban J connectivity index is 2.03. The molecule has 0 fully saturated rings. The third-order valence-electron chi connectivity index (χ3n) is 3.52. The van der Waals surface area contributed by atoms with Crippen LogP contribution in [0.15, 0.2) is 22.8 Å². The lowest BCUT2D eigenvalue weighted by atomic mass is 10.0. The zero-order chi connectivity index (χ0) is 15.4. The maximum atomic E-state index is 12.2. The highest BCUT2D eigenvalue weighted by Crippen LogP contribution is 2.27. The van der Waals surface area contributed by atoms with Crippen LogP contribution in [-0.2, 0) is 0 Å². The SMILES string of the molecule is CCC(C)C(O)CNC(=O)c1nc(-c2ccco2)sc1C. The molecule has 114 valence electrons. The lowest BCUT2D eigenvalue weighted by molar-refractivity contribution is 0.0846. The number of carbonyl (C=O) groups excluding carboxylic acids is 1. The van der Waals surface area contributed by atoms with Gasteiger partial charge < -0.3 is 14.8 Å². The Bertz CT molecular complexity index is 592. The molecule has 21 heavy (non-hydrogen) atoms. The molecule has 0 bridgehead atoms. The summed E-state index contributed by atoms with van der Waals surface area (Å²) >= 11 is 1.42. The van der Waals surface area contributed by atoms with E-state index >= 15 is 0 Å². The van der Waals surface area contributed by atoms with E-state index in [1.165, 1.54) is 11.3 Å². The van der Waals surface area contributed by atoms with E-state index in [4.69, 9.17) is 4.42 Å². The van der Waals surface area contributed by atoms with Gasteiger partial charge >= 0.3 is 0 Å². The van der Waals surface area contributed by atoms with Gasteiger partial charge in [-0.1, -0.05) is 20.3 Å². The van der Waals surface area contributed by atoms with E-state index in [2.05, 4.69) is 10.3 Å². The first kappa shape index (κ1) is 15.7. The average Bonchev–Trinajstić information content (AvgIpc) is 3.12. The van der Waals surface area contributed by atoms with Gasteiger partial charge in [-0.15, -0.1) is 11.3 Å². The number of carbonyl (C=O) groups is 1. The second kappa shape index (κ2) is 6.87. The van der Waals surface area contributed by atoms with Crippen LogP contribution in [-0.4, -0.2) is 28.6 Å². The Hall–Kier alpha value is -1.66. The predicted octanol–water partition coefficient (Wildman–Crippen LogP) is 2.85. The second-order valence-electron chi connectivity index (χ2n) is 5.06. The molecule has 0 saturated heterocycles. The van der Waals surface area contributed by atoms with Crippen molar-refractivity contribution in [3.63, 3.8) is 0 Å². The Kier molecular flexibility index (Phi) is 5.14. The zero-order valence-corrected chi connectivity index (χ0v) is 13.2. The summed E-state index contributed by atoms with van der Waals surface area (Å²) in [5.74, 6) is 0.547. The van der Waals surface area contributed by atoms with E-state index in [1.54, 1.807) is 12.3 Å². The summed E-state index contributed by atoms with van der Waals surface area (Å²) < 4.78 is 5.29. The first-order valence-electron chi connectivity index (χ1n) is 7.00. The van der Waals surface area contributed by atoms with Gasteiger partial charge in [0, 0.05) is 11.4 Å². The molecule has 0 aliphatic carbocycles. The molecular weight excluding hydrogens is 288 g/mol. The van der Waals surface area contributed by atoms with E-state index in [0.717, 1.165) is 11.3 Å². The Labute approximate surface area is 128 Å². The molecule has 0 aliphatic rings. The molecule has 0 spiro atoms. The quantitative estimate of drug-likeness (QED) is 0.860. The smallest absolute Gasteiger partial charge is 0.271 e. The molecule has 0 aliphatic heterocycles. The van der Waals surface area contributed by atoms with E-state index in [1.807, 2.05) is 26.8 Å². The number of aliphatic hydroxyl groups is 1. The topological polar surface area (TPSA) is 75.4 Å². The Morgan fingerprint density at radius 3 is 2.95 bits per heavy atom. The molecule has 2 aromatic heterocycles. The summed E-state index contributed by atoms with van der Waals surface area (Å²) in [5, 5.41) is 13.3. The summed E-state index contributed by atoms with van der Waals surface area (Å²) in [6, 6.07) is 3.60. The van der Waals surface area contributed by atoms with Gasteiger partial charge in [-0.3, -0.25) is 4.79 Å². The van der Waals surface area contributed by atoms with E-state index in [9.17, 15) is 9.90 Å². The summed E-state index contributed by atoms with van der Waals surface area (Å²) in [4.78, 5) is 17.3. The predicted molar refractivity (Wildman–Crippen MR) is 82.3 cm³/mol. The largest absolute Gasteiger partial charge is 0.462 e. The fraction of sp³-hybridized carbons (Fsp3) is 0.467. The van der Waals surface area contributed by atoms with Crippen molar-refractivity contribution in [2.45, 2.75) is 33.3 Å². The van der Waals surface area contributed by atoms with Gasteiger partial charge in [0.2, 0.25) is 0 Å². The standard InChI is InChI=1S/C15H20N2O3S/c1-4-9(2)11(18)8-16-14(19)13-10(3)21-15(17-13)12-6-5-7-20-12/h5-7,9,11,18H,4,8H2,1-3H3,(H,16,19). The van der Waals surface area contributed by atoms with Crippen molar-refractivity contribution in [2.24, 2.45) is 5.92 Å². The molecule has 2 heterocycles. The second-order valence-corrected chi connectivity index (χ2v) is 6.27. The highest BCUT2D eigenvalue weighted by Gasteiger charge is 2.19. The van der Waals surface area contributed by atoms with E-state index in [0.29, 0.717) is 16.5 Å². The molecule has 2 atom stereocenters. The first-order chi connectivity index (χ1) is 10.0. The number of hydrogen-bond acceptors (Lipinski definition) is 5. The summed E-state index contributed by atoms with van der Waals surface area (Å²) in [7, 11) is 0. The third kappa shape index (κ3) is 3.71. The minimum absolute atomic E-state index is 0.153. The van der Waals surface area contributed by atoms with Crippen molar-refractivity contribution in [1.29, 1.82) is 0 Å². The van der Waals surface area contributed by atoms with Crippen LogP contribution in [0.5, 0.6) is 0 Å². The van der Waals surface area contributed by atoms with Crippen LogP contribution in [0.25, 0.3) is 10.8 Å². The van der Waals surface area contributed by atoms with E-state index in [-0.39, 0.29) is 18.4 Å².